The Kier molecular flexibility index (Phi) is 1.81. The normalized spacial score (nSPS) is 9.40. The molecule has 50 valence electrons. The predicted octanol–water partition coefficient (Wildman–Crippen LogP) is 1.28. The Morgan fingerprint density at radius 2 is 2.30 bits per heavy atom. The third kappa shape index (κ3) is 1.41. The quantitative estimate of drug-likeness (QED) is 0.540. The lowest BCUT2D eigenvalue weighted by molar-refractivity contribution is 0.103. The predicted molar refractivity (Wildman–Crippen MR) is 37.6 cm³/mol. The molecule has 1 aromatic heterocycles. The fraction of sp³-hybridized carbons (Fsp3) is 0.125. The Bertz CT molecular complexity index is 255. The number of Topliss-reactive ketones (excluding diaryl/α,β-unsaturated/α-hetero) is 1. The zero-order valence-corrected chi connectivity index (χ0v) is 5.66. The third-order valence-corrected chi connectivity index (χ3v) is 1.14. The van der Waals surface area contributed by atoms with Gasteiger partial charge >= 0.3 is 0 Å². The largest absolute Gasteiger partial charge is 0.292 e. The van der Waals surface area contributed by atoms with Gasteiger partial charge in [-0.15, -0.1) is 0 Å². The minimum Gasteiger partial charge on any atom is -0.292 e. The molecule has 0 aliphatic rings. The van der Waals surface area contributed by atoms with Gasteiger partial charge in [0.1, 0.15) is 5.69 Å². The average molecular weight is 133 g/mol. The maximum atomic E-state index is 10.5. The number of nitrogens with zero attached hydrogens (tertiary/aromatic N) is 1. The van der Waals surface area contributed by atoms with Crippen molar-refractivity contribution < 1.29 is 4.79 Å². The summed E-state index contributed by atoms with van der Waals surface area (Å²) < 4.78 is 0. The highest BCUT2D eigenvalue weighted by Gasteiger charge is 1.98. The van der Waals surface area contributed by atoms with E-state index in [1.54, 1.807) is 12.1 Å². The van der Waals surface area contributed by atoms with Gasteiger partial charge in [-0.3, -0.25) is 9.78 Å². The van der Waals surface area contributed by atoms with E-state index in [1.165, 1.54) is 0 Å². The maximum Gasteiger partial charge on any atom is 0.185 e. The van der Waals surface area contributed by atoms with Crippen LogP contribution in [-0.2, 0) is 0 Å². The van der Waals surface area contributed by atoms with Gasteiger partial charge in [0.15, 0.2) is 5.78 Å². The smallest absolute Gasteiger partial charge is 0.185 e. The monoisotopic (exact) mass is 133 g/mol. The Balaban J connectivity index is 3.07. The molecular formula is C8H7NO. The van der Waals surface area contributed by atoms with Gasteiger partial charge in [0.05, 0.1) is 0 Å². The van der Waals surface area contributed by atoms with Gasteiger partial charge in [0.2, 0.25) is 0 Å². The number of carbonyl (C=O) groups is 1. The molecule has 0 bridgehead atoms. The van der Waals surface area contributed by atoms with Crippen LogP contribution in [-0.4, -0.2) is 10.8 Å². The summed E-state index contributed by atoms with van der Waals surface area (Å²) in [6.45, 7) is 6.79. The topological polar surface area (TPSA) is 30.0 Å². The first-order valence-electron chi connectivity index (χ1n) is 2.93. The molecule has 1 rings (SSSR count). The van der Waals surface area contributed by atoms with E-state index < -0.39 is 5.78 Å². The molecule has 2 radical (unpaired) electrons. The van der Waals surface area contributed by atoms with Crippen LogP contribution in [0.15, 0.2) is 18.2 Å². The van der Waals surface area contributed by atoms with Crippen LogP contribution in [0.1, 0.15) is 16.2 Å². The molecule has 0 fully saturated rings. The zero-order valence-electron chi connectivity index (χ0n) is 5.66. The lowest BCUT2D eigenvalue weighted by Crippen LogP contribution is -1.96. The van der Waals surface area contributed by atoms with Crippen LogP contribution >= 0.6 is 0 Å². The van der Waals surface area contributed by atoms with E-state index >= 15 is 0 Å². The van der Waals surface area contributed by atoms with Gasteiger partial charge in [-0.05, 0) is 19.1 Å². The first-order chi connectivity index (χ1) is 4.70. The van der Waals surface area contributed by atoms with Crippen LogP contribution in [0.25, 0.3) is 0 Å². The second kappa shape index (κ2) is 2.60. The van der Waals surface area contributed by atoms with Gasteiger partial charge in [0.25, 0.3) is 0 Å². The average Bonchev–Trinajstić information content (AvgIpc) is 1.88. The summed E-state index contributed by atoms with van der Waals surface area (Å²) in [7, 11) is 0. The second-order valence-electron chi connectivity index (χ2n) is 2.03. The van der Waals surface area contributed by atoms with E-state index in [2.05, 4.69) is 4.98 Å². The van der Waals surface area contributed by atoms with Crippen LogP contribution < -0.4 is 0 Å². The lowest BCUT2D eigenvalue weighted by Gasteiger charge is -1.93. The molecule has 0 N–H and O–H groups in total. The fourth-order valence-corrected chi connectivity index (χ4v) is 0.680. The second-order valence-corrected chi connectivity index (χ2v) is 2.03. The van der Waals surface area contributed by atoms with E-state index in [4.69, 9.17) is 6.92 Å². The molecule has 0 aliphatic heterocycles. The van der Waals surface area contributed by atoms with Crippen molar-refractivity contribution in [3.05, 3.63) is 36.5 Å². The number of aryl methyl sites for hydroxylation is 1. The number of pyridine rings is 1. The molecule has 10 heavy (non-hydrogen) atoms. The van der Waals surface area contributed by atoms with Crippen molar-refractivity contribution in [1.29, 1.82) is 0 Å². The summed E-state index contributed by atoms with van der Waals surface area (Å²) in [6.07, 6.45) is 0. The zero-order chi connectivity index (χ0) is 7.56. The molecule has 2 heteroatoms. The maximum absolute atomic E-state index is 10.5. The van der Waals surface area contributed by atoms with Gasteiger partial charge in [-0.2, -0.15) is 0 Å². The number of carbonyl (C=O) groups excluding carboxylic acids is 1. The van der Waals surface area contributed by atoms with E-state index in [0.717, 1.165) is 5.69 Å². The molecule has 2 nitrogen and oxygen atoms in total. The molecule has 0 atom stereocenters. The van der Waals surface area contributed by atoms with E-state index in [0.29, 0.717) is 5.69 Å². The van der Waals surface area contributed by atoms with E-state index in [9.17, 15) is 4.79 Å². The van der Waals surface area contributed by atoms with Crippen molar-refractivity contribution in [3.8, 4) is 0 Å². The Morgan fingerprint density at radius 1 is 1.60 bits per heavy atom. The number of hydrogen-bond acceptors (Lipinski definition) is 2. The minimum atomic E-state index is -0.483. The summed E-state index contributed by atoms with van der Waals surface area (Å²) in [4.78, 5) is 14.4. The standard InChI is InChI=1S/C8H7NO/c1-6-4-3-5-8(9-6)7(2)10/h2-5H,1H3. The molecule has 0 saturated heterocycles. The molecular weight excluding hydrogens is 126 g/mol. The van der Waals surface area contributed by atoms with Crippen molar-refractivity contribution >= 4 is 5.78 Å². The van der Waals surface area contributed by atoms with E-state index in [1.807, 2.05) is 13.0 Å². The van der Waals surface area contributed by atoms with Crippen molar-refractivity contribution in [1.82, 2.24) is 4.98 Å². The highest BCUT2D eigenvalue weighted by atomic mass is 16.1. The molecule has 0 spiro atoms. The Hall–Kier alpha value is -1.18. The van der Waals surface area contributed by atoms with Crippen LogP contribution in [0.5, 0.6) is 0 Å². The van der Waals surface area contributed by atoms with Crippen LogP contribution in [0.2, 0.25) is 0 Å². The first-order valence-corrected chi connectivity index (χ1v) is 2.93. The number of rotatable bonds is 1. The van der Waals surface area contributed by atoms with Crippen molar-refractivity contribution in [2.75, 3.05) is 0 Å². The van der Waals surface area contributed by atoms with Crippen LogP contribution in [0.4, 0.5) is 0 Å². The van der Waals surface area contributed by atoms with Crippen molar-refractivity contribution in [2.45, 2.75) is 6.92 Å². The summed E-state index contributed by atoms with van der Waals surface area (Å²) in [5, 5.41) is 0. The number of hydrogen-bond donors (Lipinski definition) is 0. The highest BCUT2D eigenvalue weighted by molar-refractivity contribution is 5.97. The molecule has 0 unspecified atom stereocenters. The first kappa shape index (κ1) is 6.93. The summed E-state index contributed by atoms with van der Waals surface area (Å²) >= 11 is 0. The molecule has 0 amide bonds. The Labute approximate surface area is 59.9 Å². The van der Waals surface area contributed by atoms with Gasteiger partial charge in [-0.25, -0.2) is 0 Å². The van der Waals surface area contributed by atoms with Crippen LogP contribution in [0.3, 0.4) is 0 Å². The third-order valence-electron chi connectivity index (χ3n) is 1.14. The van der Waals surface area contributed by atoms with Crippen molar-refractivity contribution in [2.24, 2.45) is 0 Å². The summed E-state index contributed by atoms with van der Waals surface area (Å²) in [6, 6.07) is 5.16. The van der Waals surface area contributed by atoms with Gasteiger partial charge < -0.3 is 0 Å². The number of ketones is 1. The highest BCUT2D eigenvalue weighted by Crippen LogP contribution is 1.97. The molecule has 0 saturated carbocycles. The fourth-order valence-electron chi connectivity index (χ4n) is 0.680. The summed E-state index contributed by atoms with van der Waals surface area (Å²) in [5.74, 6) is -0.483. The SMILES string of the molecule is [CH]C(=O)c1cccc(C)n1. The van der Waals surface area contributed by atoms with Crippen LogP contribution in [0, 0.1) is 13.8 Å². The number of aromatic nitrogens is 1. The Morgan fingerprint density at radius 3 is 2.70 bits per heavy atom. The lowest BCUT2D eigenvalue weighted by atomic mass is 10.2. The molecule has 0 aromatic carbocycles. The van der Waals surface area contributed by atoms with E-state index in [-0.39, 0.29) is 0 Å². The summed E-state index contributed by atoms with van der Waals surface area (Å²) in [5.41, 5.74) is 1.12. The van der Waals surface area contributed by atoms with Gasteiger partial charge in [0, 0.05) is 12.6 Å². The van der Waals surface area contributed by atoms with Gasteiger partial charge in [-0.1, -0.05) is 6.07 Å². The molecule has 0 aliphatic carbocycles. The molecule has 1 heterocycles. The van der Waals surface area contributed by atoms with Crippen molar-refractivity contribution in [3.63, 3.8) is 0 Å². The molecule has 1 aromatic rings. The minimum absolute atomic E-state index is 0.319.